The van der Waals surface area contributed by atoms with E-state index in [2.05, 4.69) is 19.2 Å². The molecule has 0 aliphatic carbocycles. The largest absolute Gasteiger partial charge is 0.375 e. The predicted molar refractivity (Wildman–Crippen MR) is 91.6 cm³/mol. The lowest BCUT2D eigenvalue weighted by atomic mass is 10.0. The van der Waals surface area contributed by atoms with E-state index in [4.69, 9.17) is 0 Å². The zero-order chi connectivity index (χ0) is 17.0. The normalized spacial score (nSPS) is 13.6. The van der Waals surface area contributed by atoms with E-state index >= 15 is 0 Å². The quantitative estimate of drug-likeness (QED) is 0.477. The van der Waals surface area contributed by atoms with Gasteiger partial charge in [-0.2, -0.15) is 0 Å². The summed E-state index contributed by atoms with van der Waals surface area (Å²) in [5, 5.41) is 13.9. The van der Waals surface area contributed by atoms with Gasteiger partial charge in [0.2, 0.25) is 7.37 Å². The molecule has 0 radical (unpaired) electrons. The molecule has 0 fully saturated rings. The van der Waals surface area contributed by atoms with E-state index in [1.807, 2.05) is 12.1 Å². The van der Waals surface area contributed by atoms with Crippen molar-refractivity contribution < 1.29 is 14.4 Å². The van der Waals surface area contributed by atoms with E-state index in [1.165, 1.54) is 18.2 Å². The Balaban J connectivity index is 2.10. The van der Waals surface area contributed by atoms with Gasteiger partial charge in [-0.05, 0) is 29.7 Å². The minimum Gasteiger partial charge on any atom is -0.375 e. The number of nitro groups is 1. The molecule has 122 valence electrons. The first-order valence-electron chi connectivity index (χ1n) is 7.20. The molecule has 0 aliphatic rings. The molecule has 0 spiro atoms. The summed E-state index contributed by atoms with van der Waals surface area (Å²) in [7, 11) is -3.58. The van der Waals surface area contributed by atoms with Crippen molar-refractivity contribution >= 4 is 24.0 Å². The predicted octanol–water partition coefficient (Wildman–Crippen LogP) is 3.68. The fourth-order valence-electron chi connectivity index (χ4n) is 2.11. The van der Waals surface area contributed by atoms with Gasteiger partial charge in [0.15, 0.2) is 0 Å². The average molecular weight is 334 g/mol. The Morgan fingerprint density at radius 3 is 2.43 bits per heavy atom. The Morgan fingerprint density at radius 1 is 1.22 bits per heavy atom. The summed E-state index contributed by atoms with van der Waals surface area (Å²) in [6, 6.07) is 12.9. The number of anilines is 1. The number of nitrogens with one attached hydrogen (secondary N) is 1. The minimum absolute atomic E-state index is 0.0657. The lowest BCUT2D eigenvalue weighted by molar-refractivity contribution is -0.384. The highest BCUT2D eigenvalue weighted by molar-refractivity contribution is 7.66. The molecule has 2 N–H and O–H groups in total. The molecule has 7 heteroatoms. The Hall–Kier alpha value is -2.17. The molecule has 1 atom stereocenters. The number of nitrogens with zero attached hydrogens (tertiary/aromatic N) is 1. The van der Waals surface area contributed by atoms with Crippen LogP contribution in [0.5, 0.6) is 0 Å². The summed E-state index contributed by atoms with van der Waals surface area (Å²) < 4.78 is 12.4. The van der Waals surface area contributed by atoms with E-state index in [-0.39, 0.29) is 12.0 Å². The third kappa shape index (κ3) is 4.41. The SMILES string of the molecule is CC(C)c1ccc(P(=O)(O)CNc2cccc([N+](=O)[O-])c2)cc1. The van der Waals surface area contributed by atoms with Crippen LogP contribution in [-0.4, -0.2) is 16.1 Å². The highest BCUT2D eigenvalue weighted by Crippen LogP contribution is 2.39. The first-order valence-corrected chi connectivity index (χ1v) is 9.05. The molecular weight excluding hydrogens is 315 g/mol. The smallest absolute Gasteiger partial charge is 0.271 e. The molecule has 2 rings (SSSR count). The van der Waals surface area contributed by atoms with Gasteiger partial charge >= 0.3 is 0 Å². The van der Waals surface area contributed by atoms with E-state index in [0.717, 1.165) is 5.56 Å². The van der Waals surface area contributed by atoms with Crippen LogP contribution in [0.15, 0.2) is 48.5 Å². The molecule has 23 heavy (non-hydrogen) atoms. The standard InChI is InChI=1S/C16H19N2O4P/c1-12(2)13-6-8-16(9-7-13)23(21,22)11-17-14-4-3-5-15(10-14)18(19)20/h3-10,12,17H,11H2,1-2H3,(H,21,22). The van der Waals surface area contributed by atoms with Crippen molar-refractivity contribution in [2.24, 2.45) is 0 Å². The minimum atomic E-state index is -3.58. The Bertz CT molecular complexity index is 744. The van der Waals surface area contributed by atoms with Crippen molar-refractivity contribution in [3.8, 4) is 0 Å². The van der Waals surface area contributed by atoms with Gasteiger partial charge < -0.3 is 10.2 Å². The lowest BCUT2D eigenvalue weighted by Crippen LogP contribution is -2.13. The van der Waals surface area contributed by atoms with Crippen LogP contribution in [0.1, 0.15) is 25.3 Å². The Morgan fingerprint density at radius 2 is 1.87 bits per heavy atom. The zero-order valence-electron chi connectivity index (χ0n) is 13.0. The van der Waals surface area contributed by atoms with Gasteiger partial charge in [-0.1, -0.05) is 32.0 Å². The van der Waals surface area contributed by atoms with E-state index in [1.54, 1.807) is 18.2 Å². The van der Waals surface area contributed by atoms with Crippen LogP contribution >= 0.6 is 7.37 Å². The third-order valence-corrected chi connectivity index (χ3v) is 5.21. The Kier molecular flexibility index (Phi) is 5.19. The van der Waals surface area contributed by atoms with Crippen LogP contribution in [0, 0.1) is 10.1 Å². The van der Waals surface area contributed by atoms with Gasteiger partial charge in [0.25, 0.3) is 5.69 Å². The van der Waals surface area contributed by atoms with Crippen LogP contribution < -0.4 is 10.6 Å². The van der Waals surface area contributed by atoms with Gasteiger partial charge in [-0.3, -0.25) is 14.7 Å². The van der Waals surface area contributed by atoms with Crippen molar-refractivity contribution in [2.45, 2.75) is 19.8 Å². The zero-order valence-corrected chi connectivity index (χ0v) is 13.9. The highest BCUT2D eigenvalue weighted by Gasteiger charge is 2.21. The third-order valence-electron chi connectivity index (χ3n) is 3.52. The number of hydrogen-bond acceptors (Lipinski definition) is 4. The van der Waals surface area contributed by atoms with Crippen LogP contribution in [0.25, 0.3) is 0 Å². The second-order valence-electron chi connectivity index (χ2n) is 5.59. The van der Waals surface area contributed by atoms with Gasteiger partial charge in [-0.25, -0.2) is 0 Å². The van der Waals surface area contributed by atoms with Gasteiger partial charge in [-0.15, -0.1) is 0 Å². The monoisotopic (exact) mass is 334 g/mol. The highest BCUT2D eigenvalue weighted by atomic mass is 31.2. The maximum Gasteiger partial charge on any atom is 0.271 e. The van der Waals surface area contributed by atoms with Crippen molar-refractivity contribution in [2.75, 3.05) is 11.6 Å². The van der Waals surface area contributed by atoms with Gasteiger partial charge in [0.05, 0.1) is 11.2 Å². The topological polar surface area (TPSA) is 92.5 Å². The fraction of sp³-hybridized carbons (Fsp3) is 0.250. The second-order valence-corrected chi connectivity index (χ2v) is 7.83. The molecule has 0 aromatic heterocycles. The van der Waals surface area contributed by atoms with E-state index in [9.17, 15) is 19.6 Å². The van der Waals surface area contributed by atoms with Crippen molar-refractivity contribution in [3.63, 3.8) is 0 Å². The number of benzene rings is 2. The lowest BCUT2D eigenvalue weighted by Gasteiger charge is -2.15. The summed E-state index contributed by atoms with van der Waals surface area (Å²) in [6.07, 6.45) is -0.185. The Labute approximate surface area is 134 Å². The molecular formula is C16H19N2O4P. The van der Waals surface area contributed by atoms with Gasteiger partial charge in [0.1, 0.15) is 0 Å². The first-order chi connectivity index (χ1) is 10.8. The number of rotatable bonds is 6. The maximum atomic E-state index is 12.4. The van der Waals surface area contributed by atoms with Crippen molar-refractivity contribution in [1.29, 1.82) is 0 Å². The molecule has 2 aromatic rings. The summed E-state index contributed by atoms with van der Waals surface area (Å²) >= 11 is 0. The molecule has 6 nitrogen and oxygen atoms in total. The maximum absolute atomic E-state index is 12.4. The molecule has 0 aliphatic heterocycles. The molecule has 2 aromatic carbocycles. The second kappa shape index (κ2) is 6.94. The van der Waals surface area contributed by atoms with Crippen LogP contribution in [0.2, 0.25) is 0 Å². The molecule has 0 heterocycles. The van der Waals surface area contributed by atoms with Crippen molar-refractivity contribution in [1.82, 2.24) is 0 Å². The number of non-ortho nitro benzene ring substituents is 1. The molecule has 0 amide bonds. The molecule has 0 bridgehead atoms. The fourth-order valence-corrected chi connectivity index (χ4v) is 3.31. The average Bonchev–Trinajstić information content (AvgIpc) is 2.53. The molecule has 0 saturated carbocycles. The molecule has 0 saturated heterocycles. The molecule has 1 unspecified atom stereocenters. The summed E-state index contributed by atoms with van der Waals surface area (Å²) in [6.45, 7) is 4.11. The first kappa shape index (κ1) is 17.2. The van der Waals surface area contributed by atoms with E-state index < -0.39 is 12.3 Å². The summed E-state index contributed by atoms with van der Waals surface area (Å²) in [5.41, 5.74) is 1.47. The van der Waals surface area contributed by atoms with Gasteiger partial charge in [0, 0.05) is 23.1 Å². The van der Waals surface area contributed by atoms with Crippen molar-refractivity contribution in [3.05, 3.63) is 64.2 Å². The van der Waals surface area contributed by atoms with Crippen LogP contribution in [-0.2, 0) is 4.57 Å². The number of nitro benzene ring substituents is 1. The van der Waals surface area contributed by atoms with E-state index in [0.29, 0.717) is 16.9 Å². The van der Waals surface area contributed by atoms with Crippen LogP contribution in [0.3, 0.4) is 0 Å². The number of hydrogen-bond donors (Lipinski definition) is 2. The summed E-state index contributed by atoms with van der Waals surface area (Å²) in [4.78, 5) is 20.4. The summed E-state index contributed by atoms with van der Waals surface area (Å²) in [5.74, 6) is 0.352. The van der Waals surface area contributed by atoms with Crippen LogP contribution in [0.4, 0.5) is 11.4 Å².